The zero-order valence-corrected chi connectivity index (χ0v) is 12.3. The minimum atomic E-state index is -0.408. The van der Waals surface area contributed by atoms with Gasteiger partial charge in [-0.25, -0.2) is 4.79 Å². The summed E-state index contributed by atoms with van der Waals surface area (Å²) in [5, 5.41) is 3.31. The summed E-state index contributed by atoms with van der Waals surface area (Å²) in [5.41, 5.74) is 5.90. The highest BCUT2D eigenvalue weighted by atomic mass is 32.1. The van der Waals surface area contributed by atoms with E-state index in [9.17, 15) is 9.59 Å². The van der Waals surface area contributed by atoms with Crippen LogP contribution in [0.25, 0.3) is 0 Å². The van der Waals surface area contributed by atoms with Gasteiger partial charge < -0.3 is 15.8 Å². The molecule has 0 aromatic carbocycles. The van der Waals surface area contributed by atoms with Crippen molar-refractivity contribution < 1.29 is 14.3 Å². The number of hydrogen-bond donors (Lipinski definition) is 2. The standard InChI is InChI=1S/C13H20N2O3S/c1-4-18-13(17)10-6-9(3)19-12(10)15-11(16)5-8(2)7-14/h6,8H,4-5,7,14H2,1-3H3,(H,15,16). The number of anilines is 1. The minimum absolute atomic E-state index is 0.118. The summed E-state index contributed by atoms with van der Waals surface area (Å²) < 4.78 is 4.96. The van der Waals surface area contributed by atoms with E-state index in [2.05, 4.69) is 5.32 Å². The first kappa shape index (κ1) is 15.7. The number of carbonyl (C=O) groups is 2. The lowest BCUT2D eigenvalue weighted by Gasteiger charge is -2.09. The van der Waals surface area contributed by atoms with Crippen LogP contribution >= 0.6 is 11.3 Å². The van der Waals surface area contributed by atoms with Crippen LogP contribution in [0.2, 0.25) is 0 Å². The molecular formula is C13H20N2O3S. The second-order valence-corrected chi connectivity index (χ2v) is 5.67. The van der Waals surface area contributed by atoms with Crippen LogP contribution in [0.4, 0.5) is 5.00 Å². The summed E-state index contributed by atoms with van der Waals surface area (Å²) >= 11 is 1.37. The molecule has 1 aromatic rings. The quantitative estimate of drug-likeness (QED) is 0.784. The van der Waals surface area contributed by atoms with Gasteiger partial charge in [-0.05, 0) is 32.4 Å². The number of carbonyl (C=O) groups excluding carboxylic acids is 2. The molecule has 1 atom stereocenters. The lowest BCUT2D eigenvalue weighted by Crippen LogP contribution is -2.20. The highest BCUT2D eigenvalue weighted by Crippen LogP contribution is 2.28. The average molecular weight is 284 g/mol. The number of thiophene rings is 1. The van der Waals surface area contributed by atoms with Crippen LogP contribution in [-0.2, 0) is 9.53 Å². The lowest BCUT2D eigenvalue weighted by molar-refractivity contribution is -0.116. The Hall–Kier alpha value is -1.40. The zero-order valence-electron chi connectivity index (χ0n) is 11.5. The van der Waals surface area contributed by atoms with Gasteiger partial charge in [-0.2, -0.15) is 0 Å². The molecule has 106 valence electrons. The van der Waals surface area contributed by atoms with E-state index in [1.54, 1.807) is 13.0 Å². The number of ether oxygens (including phenoxy) is 1. The monoisotopic (exact) mass is 284 g/mol. The van der Waals surface area contributed by atoms with Crippen molar-refractivity contribution in [1.82, 2.24) is 0 Å². The van der Waals surface area contributed by atoms with Crippen molar-refractivity contribution in [3.8, 4) is 0 Å². The van der Waals surface area contributed by atoms with Crippen LogP contribution in [0.1, 0.15) is 35.5 Å². The van der Waals surface area contributed by atoms with Gasteiger partial charge in [0.1, 0.15) is 5.00 Å². The fourth-order valence-electron chi connectivity index (χ4n) is 1.55. The van der Waals surface area contributed by atoms with E-state index in [4.69, 9.17) is 10.5 Å². The highest BCUT2D eigenvalue weighted by molar-refractivity contribution is 7.16. The molecule has 0 fully saturated rings. The van der Waals surface area contributed by atoms with Crippen molar-refractivity contribution in [3.63, 3.8) is 0 Å². The van der Waals surface area contributed by atoms with Crippen molar-refractivity contribution in [2.24, 2.45) is 11.7 Å². The number of nitrogens with two attached hydrogens (primary N) is 1. The van der Waals surface area contributed by atoms with Crippen LogP contribution in [-0.4, -0.2) is 25.0 Å². The summed E-state index contributed by atoms with van der Waals surface area (Å²) in [7, 11) is 0. The molecular weight excluding hydrogens is 264 g/mol. The maximum atomic E-state index is 11.8. The molecule has 6 heteroatoms. The van der Waals surface area contributed by atoms with Gasteiger partial charge in [0.15, 0.2) is 0 Å². The second kappa shape index (κ2) is 7.25. The molecule has 1 amide bonds. The normalized spacial score (nSPS) is 12.0. The molecule has 0 aliphatic heterocycles. The molecule has 1 aromatic heterocycles. The van der Waals surface area contributed by atoms with Crippen LogP contribution in [0.5, 0.6) is 0 Å². The molecule has 1 heterocycles. The summed E-state index contributed by atoms with van der Waals surface area (Å²) in [6.45, 7) is 6.31. The smallest absolute Gasteiger partial charge is 0.341 e. The second-order valence-electron chi connectivity index (χ2n) is 4.41. The van der Waals surface area contributed by atoms with Crippen molar-refractivity contribution >= 4 is 28.2 Å². The molecule has 0 bridgehead atoms. The Kier molecular flexibility index (Phi) is 5.98. The molecule has 0 aliphatic carbocycles. The van der Waals surface area contributed by atoms with Gasteiger partial charge in [0, 0.05) is 11.3 Å². The van der Waals surface area contributed by atoms with Crippen LogP contribution in [0.15, 0.2) is 6.07 Å². The molecule has 0 aliphatic rings. The molecule has 1 rings (SSSR count). The molecule has 19 heavy (non-hydrogen) atoms. The number of amides is 1. The van der Waals surface area contributed by atoms with Gasteiger partial charge in [-0.15, -0.1) is 11.3 Å². The van der Waals surface area contributed by atoms with Crippen molar-refractivity contribution in [3.05, 3.63) is 16.5 Å². The number of aryl methyl sites for hydroxylation is 1. The molecule has 0 radical (unpaired) electrons. The number of esters is 1. The summed E-state index contributed by atoms with van der Waals surface area (Å²) in [4.78, 5) is 24.5. The summed E-state index contributed by atoms with van der Waals surface area (Å²) in [6, 6.07) is 1.73. The van der Waals surface area contributed by atoms with E-state index in [1.807, 2.05) is 13.8 Å². The van der Waals surface area contributed by atoms with Crippen LogP contribution < -0.4 is 11.1 Å². The first-order chi connectivity index (χ1) is 8.97. The Morgan fingerprint density at radius 1 is 1.53 bits per heavy atom. The van der Waals surface area contributed by atoms with Gasteiger partial charge in [0.2, 0.25) is 5.91 Å². The number of nitrogens with one attached hydrogen (secondary N) is 1. The minimum Gasteiger partial charge on any atom is -0.462 e. The van der Waals surface area contributed by atoms with E-state index in [0.29, 0.717) is 30.1 Å². The number of hydrogen-bond acceptors (Lipinski definition) is 5. The predicted molar refractivity (Wildman–Crippen MR) is 76.5 cm³/mol. The third-order valence-electron chi connectivity index (χ3n) is 2.54. The summed E-state index contributed by atoms with van der Waals surface area (Å²) in [5.74, 6) is -0.425. The van der Waals surface area contributed by atoms with Crippen LogP contribution in [0, 0.1) is 12.8 Å². The van der Waals surface area contributed by atoms with Crippen molar-refractivity contribution in [1.29, 1.82) is 0 Å². The predicted octanol–water partition coefficient (Wildman–Crippen LogP) is 2.16. The van der Waals surface area contributed by atoms with Gasteiger partial charge in [-0.1, -0.05) is 6.92 Å². The first-order valence-electron chi connectivity index (χ1n) is 6.25. The molecule has 0 saturated carbocycles. The third kappa shape index (κ3) is 4.65. The maximum absolute atomic E-state index is 11.8. The Morgan fingerprint density at radius 3 is 2.79 bits per heavy atom. The van der Waals surface area contributed by atoms with Gasteiger partial charge >= 0.3 is 5.97 Å². The van der Waals surface area contributed by atoms with Gasteiger partial charge in [0.05, 0.1) is 12.2 Å². The Morgan fingerprint density at radius 2 is 2.21 bits per heavy atom. The highest BCUT2D eigenvalue weighted by Gasteiger charge is 2.18. The zero-order chi connectivity index (χ0) is 14.4. The van der Waals surface area contributed by atoms with Gasteiger partial charge in [0.25, 0.3) is 0 Å². The molecule has 0 saturated heterocycles. The summed E-state index contributed by atoms with van der Waals surface area (Å²) in [6.07, 6.45) is 0.343. The number of rotatable bonds is 6. The Labute approximate surface area is 117 Å². The SMILES string of the molecule is CCOC(=O)c1cc(C)sc1NC(=O)CC(C)CN. The topological polar surface area (TPSA) is 81.4 Å². The fourth-order valence-corrected chi connectivity index (χ4v) is 2.46. The van der Waals surface area contributed by atoms with Crippen molar-refractivity contribution in [2.45, 2.75) is 27.2 Å². The molecule has 5 nitrogen and oxygen atoms in total. The van der Waals surface area contributed by atoms with E-state index >= 15 is 0 Å². The molecule has 0 spiro atoms. The first-order valence-corrected chi connectivity index (χ1v) is 7.07. The third-order valence-corrected chi connectivity index (χ3v) is 3.51. The fraction of sp³-hybridized carbons (Fsp3) is 0.538. The van der Waals surface area contributed by atoms with Gasteiger partial charge in [-0.3, -0.25) is 4.79 Å². The Balaban J connectivity index is 2.77. The lowest BCUT2D eigenvalue weighted by atomic mass is 10.1. The Bertz CT molecular complexity index is 457. The van der Waals surface area contributed by atoms with E-state index < -0.39 is 5.97 Å². The maximum Gasteiger partial charge on any atom is 0.341 e. The largest absolute Gasteiger partial charge is 0.462 e. The van der Waals surface area contributed by atoms with Crippen LogP contribution in [0.3, 0.4) is 0 Å². The van der Waals surface area contributed by atoms with E-state index in [-0.39, 0.29) is 11.8 Å². The average Bonchev–Trinajstić information content (AvgIpc) is 2.70. The molecule has 1 unspecified atom stereocenters. The van der Waals surface area contributed by atoms with E-state index in [1.165, 1.54) is 11.3 Å². The van der Waals surface area contributed by atoms with Crippen molar-refractivity contribution in [2.75, 3.05) is 18.5 Å². The molecule has 3 N–H and O–H groups in total. The van der Waals surface area contributed by atoms with E-state index in [0.717, 1.165) is 4.88 Å².